The molecule has 4 N–H and O–H groups in total. The van der Waals surface area contributed by atoms with Gasteiger partial charge in [0.2, 0.25) is 0 Å². The summed E-state index contributed by atoms with van der Waals surface area (Å²) in [4.78, 5) is 13.3. The van der Waals surface area contributed by atoms with Crippen molar-refractivity contribution < 1.29 is 9.18 Å². The number of hydrogen-bond donors (Lipinski definition) is 3. The normalized spacial score (nSPS) is 24.5. The third-order valence-corrected chi connectivity index (χ3v) is 8.50. The molecular formula is C31H32FN5O. The molecule has 194 valence electrons. The quantitative estimate of drug-likeness (QED) is 0.439. The number of aromatic nitrogens is 2. The first-order valence-corrected chi connectivity index (χ1v) is 13.2. The first-order valence-electron chi connectivity index (χ1n) is 13.2. The summed E-state index contributed by atoms with van der Waals surface area (Å²) in [6, 6.07) is 16.5. The first-order chi connectivity index (χ1) is 18.4. The number of halogens is 1. The van der Waals surface area contributed by atoms with Crippen molar-refractivity contribution in [3.63, 3.8) is 0 Å². The zero-order valence-electron chi connectivity index (χ0n) is 21.4. The van der Waals surface area contributed by atoms with Crippen molar-refractivity contribution in [3.05, 3.63) is 113 Å². The van der Waals surface area contributed by atoms with Crippen molar-refractivity contribution in [2.24, 2.45) is 17.1 Å². The van der Waals surface area contributed by atoms with Crippen molar-refractivity contribution in [2.45, 2.75) is 44.8 Å². The number of carbonyl (C=O) groups excluding carboxylic acids is 1. The first kappa shape index (κ1) is 24.4. The fourth-order valence-corrected chi connectivity index (χ4v) is 6.31. The van der Waals surface area contributed by atoms with Gasteiger partial charge in [0.1, 0.15) is 12.0 Å². The van der Waals surface area contributed by atoms with Crippen molar-refractivity contribution >= 4 is 12.0 Å². The van der Waals surface area contributed by atoms with Gasteiger partial charge in [0.15, 0.2) is 0 Å². The molecule has 0 radical (unpaired) electrons. The summed E-state index contributed by atoms with van der Waals surface area (Å²) in [5.41, 5.74) is 12.3. The summed E-state index contributed by atoms with van der Waals surface area (Å²) in [5.74, 6) is -0.0175. The number of dihydropyridines is 1. The highest BCUT2D eigenvalue weighted by molar-refractivity contribution is 5.95. The Morgan fingerprint density at radius 2 is 2.03 bits per heavy atom. The van der Waals surface area contributed by atoms with Gasteiger partial charge in [-0.1, -0.05) is 42.8 Å². The van der Waals surface area contributed by atoms with Gasteiger partial charge in [0, 0.05) is 0 Å². The summed E-state index contributed by atoms with van der Waals surface area (Å²) >= 11 is 0. The van der Waals surface area contributed by atoms with Gasteiger partial charge in [0.05, 0.1) is 29.2 Å². The molecule has 2 unspecified atom stereocenters. The predicted molar refractivity (Wildman–Crippen MR) is 146 cm³/mol. The Bertz CT molecular complexity index is 1440. The molecule has 1 aromatic heterocycles. The highest BCUT2D eigenvalue weighted by Gasteiger charge is 2.46. The minimum Gasteiger partial charge on any atom is -0.372 e. The molecule has 1 amide bonds. The summed E-state index contributed by atoms with van der Waals surface area (Å²) in [6.45, 7) is 2.35. The largest absolute Gasteiger partial charge is 0.372 e. The Morgan fingerprint density at radius 3 is 2.79 bits per heavy atom. The lowest BCUT2D eigenvalue weighted by Crippen LogP contribution is -2.44. The molecule has 3 aliphatic rings. The fourth-order valence-electron chi connectivity index (χ4n) is 6.31. The molecule has 4 atom stereocenters. The molecule has 2 aromatic carbocycles. The molecule has 0 spiro atoms. The molecule has 2 aliphatic carbocycles. The Hall–Kier alpha value is -3.97. The van der Waals surface area contributed by atoms with E-state index in [0.717, 1.165) is 42.6 Å². The Morgan fingerprint density at radius 1 is 1.24 bits per heavy atom. The number of nitrogens with one attached hydrogen (secondary N) is 2. The fraction of sp³-hybridized carbons (Fsp3) is 0.290. The Balaban J connectivity index is 1.27. The average Bonchev–Trinajstić information content (AvgIpc) is 3.47. The molecule has 0 bridgehead atoms. The summed E-state index contributed by atoms with van der Waals surface area (Å²) in [7, 11) is 0. The van der Waals surface area contributed by atoms with Crippen molar-refractivity contribution in [1.29, 1.82) is 0 Å². The maximum atomic E-state index is 13.5. The van der Waals surface area contributed by atoms with E-state index in [9.17, 15) is 9.18 Å². The van der Waals surface area contributed by atoms with Crippen LogP contribution in [0.4, 0.5) is 4.39 Å². The van der Waals surface area contributed by atoms with Crippen LogP contribution in [0, 0.1) is 17.2 Å². The second kappa shape index (κ2) is 9.72. The standard InChI is InChI=1S/C31H32FN5O/c1-31-18-21-19-35-37(25-13-11-24(32)12-14-25)28(21)17-23(31)10-9-22(31)16-27(20-6-3-2-4-7-20)36-30(38)26-8-5-15-34-29(26)33/h2-8,11-15,17,19,22,27,29,34H,9-10,16,18,33H2,1H3,(H,36,38)/t22-,27?,29?,31-/m1/s1. The van der Waals surface area contributed by atoms with Crippen LogP contribution >= 0.6 is 0 Å². The molecule has 1 fully saturated rings. The van der Waals surface area contributed by atoms with Crippen LogP contribution in [0.2, 0.25) is 0 Å². The zero-order valence-corrected chi connectivity index (χ0v) is 21.4. The summed E-state index contributed by atoms with van der Waals surface area (Å²) in [6.07, 6.45) is 12.8. The van der Waals surface area contributed by atoms with Crippen molar-refractivity contribution in [3.8, 4) is 5.69 Å². The van der Waals surface area contributed by atoms with Gasteiger partial charge in [-0.15, -0.1) is 0 Å². The smallest absolute Gasteiger partial charge is 0.251 e. The molecule has 2 heterocycles. The maximum absolute atomic E-state index is 13.5. The third-order valence-electron chi connectivity index (χ3n) is 8.50. The minimum absolute atomic E-state index is 0.0216. The SMILES string of the molecule is C[C@]12Cc3cnn(-c4ccc(F)cc4)c3C=C1CC[C@@H]2CC(NC(=O)C1=CC=CNC1N)c1ccccc1. The number of nitrogens with two attached hydrogens (primary N) is 1. The van der Waals surface area contributed by atoms with E-state index in [2.05, 4.69) is 40.9 Å². The molecule has 7 heteroatoms. The van der Waals surface area contributed by atoms with Crippen LogP contribution in [0.15, 0.2) is 90.3 Å². The minimum atomic E-state index is -0.524. The number of hydrogen-bond acceptors (Lipinski definition) is 4. The Kier molecular flexibility index (Phi) is 6.24. The van der Waals surface area contributed by atoms with Crippen LogP contribution in [-0.4, -0.2) is 21.9 Å². The molecule has 0 saturated heterocycles. The molecule has 6 rings (SSSR count). The molecule has 1 saturated carbocycles. The molecule has 38 heavy (non-hydrogen) atoms. The van der Waals surface area contributed by atoms with Crippen LogP contribution in [0.25, 0.3) is 11.8 Å². The van der Waals surface area contributed by atoms with E-state index in [1.165, 1.54) is 23.3 Å². The van der Waals surface area contributed by atoms with E-state index < -0.39 is 6.17 Å². The van der Waals surface area contributed by atoms with Gasteiger partial charge in [-0.2, -0.15) is 5.10 Å². The predicted octanol–water partition coefficient (Wildman–Crippen LogP) is 4.94. The monoisotopic (exact) mass is 509 g/mol. The van der Waals surface area contributed by atoms with E-state index in [1.54, 1.807) is 30.5 Å². The average molecular weight is 510 g/mol. The molecule has 6 nitrogen and oxygen atoms in total. The number of allylic oxidation sites excluding steroid dienone is 3. The molecular weight excluding hydrogens is 477 g/mol. The number of fused-ring (bicyclic) bond motifs is 2. The van der Waals surface area contributed by atoms with Gasteiger partial charge < -0.3 is 16.4 Å². The number of nitrogens with zero attached hydrogens (tertiary/aromatic N) is 2. The van der Waals surface area contributed by atoms with Crippen LogP contribution in [0.1, 0.15) is 49.0 Å². The lowest BCUT2D eigenvalue weighted by Gasteiger charge is -2.38. The highest BCUT2D eigenvalue weighted by atomic mass is 19.1. The summed E-state index contributed by atoms with van der Waals surface area (Å²) < 4.78 is 15.4. The van der Waals surface area contributed by atoms with Gasteiger partial charge in [0.25, 0.3) is 5.91 Å². The van der Waals surface area contributed by atoms with Crippen LogP contribution in [-0.2, 0) is 11.2 Å². The van der Waals surface area contributed by atoms with Crippen molar-refractivity contribution in [2.75, 3.05) is 0 Å². The van der Waals surface area contributed by atoms with E-state index in [4.69, 9.17) is 5.73 Å². The van der Waals surface area contributed by atoms with Crippen LogP contribution in [0.5, 0.6) is 0 Å². The number of rotatable bonds is 6. The zero-order chi connectivity index (χ0) is 26.3. The Labute approximate surface area is 222 Å². The van der Waals surface area contributed by atoms with Crippen molar-refractivity contribution in [1.82, 2.24) is 20.4 Å². The number of carbonyl (C=O) groups is 1. The second-order valence-corrected chi connectivity index (χ2v) is 10.7. The highest BCUT2D eigenvalue weighted by Crippen LogP contribution is 2.55. The van der Waals surface area contributed by atoms with Gasteiger partial charge >= 0.3 is 0 Å². The van der Waals surface area contributed by atoms with Crippen LogP contribution < -0.4 is 16.4 Å². The van der Waals surface area contributed by atoms with Crippen LogP contribution in [0.3, 0.4) is 0 Å². The number of amides is 1. The molecule has 3 aromatic rings. The summed E-state index contributed by atoms with van der Waals surface area (Å²) in [5, 5.41) is 10.9. The van der Waals surface area contributed by atoms with E-state index in [1.807, 2.05) is 29.1 Å². The second-order valence-electron chi connectivity index (χ2n) is 10.7. The van der Waals surface area contributed by atoms with E-state index in [-0.39, 0.29) is 23.2 Å². The third kappa shape index (κ3) is 4.37. The number of benzene rings is 2. The van der Waals surface area contributed by atoms with Gasteiger partial charge in [-0.3, -0.25) is 4.79 Å². The topological polar surface area (TPSA) is 85.0 Å². The maximum Gasteiger partial charge on any atom is 0.251 e. The lowest BCUT2D eigenvalue weighted by atomic mass is 9.68. The van der Waals surface area contributed by atoms with Gasteiger partial charge in [-0.05, 0) is 96.8 Å². The van der Waals surface area contributed by atoms with E-state index >= 15 is 0 Å². The lowest BCUT2D eigenvalue weighted by molar-refractivity contribution is -0.118. The molecule has 1 aliphatic heterocycles. The van der Waals surface area contributed by atoms with E-state index in [0.29, 0.717) is 11.5 Å². The van der Waals surface area contributed by atoms with Gasteiger partial charge in [-0.25, -0.2) is 9.07 Å².